The van der Waals surface area contributed by atoms with Gasteiger partial charge in [-0.25, -0.2) is 4.98 Å². The van der Waals surface area contributed by atoms with Gasteiger partial charge in [-0.1, -0.05) is 20.8 Å². The first-order chi connectivity index (χ1) is 17.6. The van der Waals surface area contributed by atoms with Gasteiger partial charge in [-0.3, -0.25) is 14.6 Å². The lowest BCUT2D eigenvalue weighted by Gasteiger charge is -2.26. The highest BCUT2D eigenvalue weighted by Crippen LogP contribution is 2.27. The lowest BCUT2D eigenvalue weighted by Crippen LogP contribution is -2.37. The fourth-order valence-electron chi connectivity index (χ4n) is 4.47. The molecule has 4 aromatic heterocycles. The highest BCUT2D eigenvalue weighted by atomic mass is 16.5. The van der Waals surface area contributed by atoms with Crippen LogP contribution in [0.25, 0.3) is 22.2 Å². The number of ether oxygens (including phenoxy) is 1. The standard InChI is InChI=1S/C27H34N8O/c1-4-23-22(18-35(33-23)9-5-8-34-10-12-36-13-11-34)21-14-25-24(28-16-21)6-7-26(30-25)31-27-15-20(19(2)3)17-29-32-27/h6-7,14-19H,4-5,8-13H2,1-3H3,(H,30,31,32). The molecule has 1 aliphatic heterocycles. The van der Waals surface area contributed by atoms with Crippen molar-refractivity contribution in [2.24, 2.45) is 0 Å². The summed E-state index contributed by atoms with van der Waals surface area (Å²) in [7, 11) is 0. The van der Waals surface area contributed by atoms with Gasteiger partial charge < -0.3 is 10.1 Å². The van der Waals surface area contributed by atoms with Crippen molar-refractivity contribution >= 4 is 22.7 Å². The molecule has 5 heterocycles. The number of anilines is 2. The van der Waals surface area contributed by atoms with Crippen LogP contribution in [-0.4, -0.2) is 67.7 Å². The Bertz CT molecular complexity index is 1310. The molecule has 0 saturated carbocycles. The molecule has 9 heteroatoms. The van der Waals surface area contributed by atoms with Crippen molar-refractivity contribution in [3.05, 3.63) is 54.1 Å². The first kappa shape index (κ1) is 24.3. The Kier molecular flexibility index (Phi) is 7.48. The molecule has 1 aliphatic rings. The number of rotatable bonds is 9. The molecule has 0 aromatic carbocycles. The van der Waals surface area contributed by atoms with Crippen LogP contribution in [-0.2, 0) is 17.7 Å². The Hall–Kier alpha value is -3.43. The highest BCUT2D eigenvalue weighted by Gasteiger charge is 2.14. The number of aryl methyl sites for hydroxylation is 2. The van der Waals surface area contributed by atoms with Gasteiger partial charge in [0.1, 0.15) is 5.82 Å². The molecule has 0 unspecified atom stereocenters. The molecule has 1 N–H and O–H groups in total. The second-order valence-corrected chi connectivity index (χ2v) is 9.53. The minimum Gasteiger partial charge on any atom is -0.379 e. The number of morpholine rings is 1. The van der Waals surface area contributed by atoms with Crippen LogP contribution in [0.1, 0.15) is 44.4 Å². The normalized spacial score (nSPS) is 14.6. The summed E-state index contributed by atoms with van der Waals surface area (Å²) < 4.78 is 7.52. The van der Waals surface area contributed by atoms with Gasteiger partial charge in [-0.05, 0) is 48.6 Å². The predicted molar refractivity (Wildman–Crippen MR) is 141 cm³/mol. The summed E-state index contributed by atoms with van der Waals surface area (Å²) in [5.74, 6) is 1.78. The van der Waals surface area contributed by atoms with E-state index >= 15 is 0 Å². The predicted octanol–water partition coefficient (Wildman–Crippen LogP) is 4.44. The van der Waals surface area contributed by atoms with Gasteiger partial charge in [0.25, 0.3) is 0 Å². The Labute approximate surface area is 211 Å². The van der Waals surface area contributed by atoms with Gasteiger partial charge in [0.15, 0.2) is 5.82 Å². The van der Waals surface area contributed by atoms with E-state index in [2.05, 4.69) is 63.1 Å². The van der Waals surface area contributed by atoms with Gasteiger partial charge in [-0.2, -0.15) is 10.2 Å². The molecule has 0 spiro atoms. The smallest absolute Gasteiger partial charge is 0.154 e. The number of nitrogens with zero attached hydrogens (tertiary/aromatic N) is 7. The summed E-state index contributed by atoms with van der Waals surface area (Å²) in [6, 6.07) is 8.00. The summed E-state index contributed by atoms with van der Waals surface area (Å²) in [4.78, 5) is 11.9. The zero-order valence-corrected chi connectivity index (χ0v) is 21.3. The van der Waals surface area contributed by atoms with E-state index in [9.17, 15) is 0 Å². The number of nitrogens with one attached hydrogen (secondary N) is 1. The van der Waals surface area contributed by atoms with Crippen LogP contribution < -0.4 is 5.32 Å². The molecule has 188 valence electrons. The van der Waals surface area contributed by atoms with E-state index in [1.165, 1.54) is 0 Å². The molecular weight excluding hydrogens is 452 g/mol. The van der Waals surface area contributed by atoms with E-state index in [-0.39, 0.29) is 0 Å². The molecule has 36 heavy (non-hydrogen) atoms. The molecular formula is C27H34N8O. The van der Waals surface area contributed by atoms with Crippen LogP contribution in [0, 0.1) is 0 Å². The highest BCUT2D eigenvalue weighted by molar-refractivity contribution is 5.82. The lowest BCUT2D eigenvalue weighted by molar-refractivity contribution is 0.0368. The largest absolute Gasteiger partial charge is 0.379 e. The zero-order valence-electron chi connectivity index (χ0n) is 21.3. The van der Waals surface area contributed by atoms with E-state index in [0.29, 0.717) is 17.6 Å². The van der Waals surface area contributed by atoms with Crippen molar-refractivity contribution < 1.29 is 4.74 Å². The van der Waals surface area contributed by atoms with Crippen molar-refractivity contribution in [3.8, 4) is 11.1 Å². The minimum absolute atomic E-state index is 0.380. The lowest BCUT2D eigenvalue weighted by atomic mass is 10.1. The number of pyridine rings is 2. The Morgan fingerprint density at radius 3 is 2.69 bits per heavy atom. The molecule has 4 aromatic rings. The third-order valence-electron chi connectivity index (χ3n) is 6.59. The number of aromatic nitrogens is 6. The van der Waals surface area contributed by atoms with E-state index in [4.69, 9.17) is 14.8 Å². The second kappa shape index (κ2) is 11.1. The molecule has 1 saturated heterocycles. The molecule has 0 atom stereocenters. The monoisotopic (exact) mass is 486 g/mol. The van der Waals surface area contributed by atoms with Gasteiger partial charge in [-0.15, -0.1) is 5.10 Å². The maximum absolute atomic E-state index is 5.45. The first-order valence-corrected chi connectivity index (χ1v) is 12.8. The molecule has 0 aliphatic carbocycles. The maximum Gasteiger partial charge on any atom is 0.154 e. The van der Waals surface area contributed by atoms with Crippen LogP contribution in [0.5, 0.6) is 0 Å². The third kappa shape index (κ3) is 5.68. The second-order valence-electron chi connectivity index (χ2n) is 9.53. The van der Waals surface area contributed by atoms with Crippen LogP contribution in [0.4, 0.5) is 11.6 Å². The molecule has 0 bridgehead atoms. The Morgan fingerprint density at radius 1 is 1.03 bits per heavy atom. The average molecular weight is 487 g/mol. The van der Waals surface area contributed by atoms with Gasteiger partial charge >= 0.3 is 0 Å². The fraction of sp³-hybridized carbons (Fsp3) is 0.444. The summed E-state index contributed by atoms with van der Waals surface area (Å²) in [5, 5.41) is 16.5. The van der Waals surface area contributed by atoms with Crippen LogP contribution in [0.3, 0.4) is 0 Å². The molecule has 0 amide bonds. The Morgan fingerprint density at radius 2 is 1.89 bits per heavy atom. The van der Waals surface area contributed by atoms with E-state index in [1.807, 2.05) is 24.4 Å². The van der Waals surface area contributed by atoms with Crippen LogP contribution in [0.15, 0.2) is 42.9 Å². The molecule has 9 nitrogen and oxygen atoms in total. The number of fused-ring (bicyclic) bond motifs is 1. The molecule has 5 rings (SSSR count). The maximum atomic E-state index is 5.45. The van der Waals surface area contributed by atoms with Gasteiger partial charge in [0.2, 0.25) is 0 Å². The summed E-state index contributed by atoms with van der Waals surface area (Å²) in [6.45, 7) is 12.1. The molecule has 1 fully saturated rings. The Balaban J connectivity index is 1.33. The van der Waals surface area contributed by atoms with Crippen LogP contribution >= 0.6 is 0 Å². The first-order valence-electron chi connectivity index (χ1n) is 12.8. The summed E-state index contributed by atoms with van der Waals surface area (Å²) >= 11 is 0. The SMILES string of the molecule is CCc1nn(CCCN2CCOCC2)cc1-c1cnc2ccc(Nc3cc(C(C)C)cnn3)nc2c1. The average Bonchev–Trinajstić information content (AvgIpc) is 3.32. The fourth-order valence-corrected chi connectivity index (χ4v) is 4.47. The third-order valence-corrected chi connectivity index (χ3v) is 6.59. The van der Waals surface area contributed by atoms with Gasteiger partial charge in [0.05, 0.1) is 36.1 Å². The molecule has 0 radical (unpaired) electrons. The summed E-state index contributed by atoms with van der Waals surface area (Å²) in [6.07, 6.45) is 7.80. The topological polar surface area (TPSA) is 93.9 Å². The quantitative estimate of drug-likeness (QED) is 0.371. The van der Waals surface area contributed by atoms with Crippen molar-refractivity contribution in [2.45, 2.75) is 46.1 Å². The van der Waals surface area contributed by atoms with Crippen LogP contribution in [0.2, 0.25) is 0 Å². The minimum atomic E-state index is 0.380. The number of hydrogen-bond donors (Lipinski definition) is 1. The van der Waals surface area contributed by atoms with Crippen molar-refractivity contribution in [1.82, 2.24) is 34.8 Å². The zero-order chi connectivity index (χ0) is 24.9. The van der Waals surface area contributed by atoms with Crippen molar-refractivity contribution in [2.75, 3.05) is 38.2 Å². The van der Waals surface area contributed by atoms with E-state index in [0.717, 1.165) is 85.7 Å². The van der Waals surface area contributed by atoms with Crippen molar-refractivity contribution in [3.63, 3.8) is 0 Å². The van der Waals surface area contributed by atoms with Gasteiger partial charge in [0, 0.05) is 49.7 Å². The van der Waals surface area contributed by atoms with E-state index in [1.54, 1.807) is 6.20 Å². The van der Waals surface area contributed by atoms with Crippen molar-refractivity contribution in [1.29, 1.82) is 0 Å². The van der Waals surface area contributed by atoms with E-state index < -0.39 is 0 Å². The summed E-state index contributed by atoms with van der Waals surface area (Å²) in [5.41, 5.74) is 6.04. The number of hydrogen-bond acceptors (Lipinski definition) is 8.